The molecule has 2 unspecified atom stereocenters. The monoisotopic (exact) mass is 268 g/mol. The van der Waals surface area contributed by atoms with Crippen LogP contribution in [0.2, 0.25) is 0 Å². The Morgan fingerprint density at radius 2 is 1.65 bits per heavy atom. The number of carbonyl (C=O) groups excluding carboxylic acids is 1. The molecular weight excluding hydrogens is 252 g/mol. The molecule has 102 valence electrons. The molecule has 2 aromatic carbocycles. The van der Waals surface area contributed by atoms with Gasteiger partial charge in [0, 0.05) is 12.0 Å². The van der Waals surface area contributed by atoms with Crippen molar-refractivity contribution < 1.29 is 14.3 Å². The first-order chi connectivity index (χ1) is 9.71. The van der Waals surface area contributed by atoms with Gasteiger partial charge in [-0.2, -0.15) is 0 Å². The second-order valence-corrected chi connectivity index (χ2v) is 5.03. The van der Waals surface area contributed by atoms with Gasteiger partial charge in [0.1, 0.15) is 11.9 Å². The van der Waals surface area contributed by atoms with Crippen LogP contribution in [0.4, 0.5) is 0 Å². The minimum absolute atomic E-state index is 0.147. The van der Waals surface area contributed by atoms with Crippen LogP contribution in [0.25, 0.3) is 0 Å². The largest absolute Gasteiger partial charge is 0.471 e. The first kappa shape index (κ1) is 12.7. The molecule has 2 aromatic rings. The molecule has 0 bridgehead atoms. The van der Waals surface area contributed by atoms with Crippen LogP contribution >= 0.6 is 0 Å². The minimum Gasteiger partial charge on any atom is -0.471 e. The Hall–Kier alpha value is -2.29. The third-order valence-electron chi connectivity index (χ3n) is 3.49. The van der Waals surface area contributed by atoms with E-state index < -0.39 is 5.60 Å². The zero-order valence-electron chi connectivity index (χ0n) is 11.3. The number of rotatable bonds is 3. The molecule has 3 nitrogen and oxygen atoms in total. The molecule has 0 saturated carbocycles. The summed E-state index contributed by atoms with van der Waals surface area (Å²) >= 11 is 0. The maximum atomic E-state index is 12.4. The SMILES string of the molecule is CC1CC(Oc2ccccc2)(c2ccccc2)C(=O)O1. The first-order valence-corrected chi connectivity index (χ1v) is 6.71. The van der Waals surface area contributed by atoms with Crippen LogP contribution < -0.4 is 4.74 Å². The van der Waals surface area contributed by atoms with Gasteiger partial charge in [0.25, 0.3) is 0 Å². The summed E-state index contributed by atoms with van der Waals surface area (Å²) in [6.07, 6.45) is 0.372. The summed E-state index contributed by atoms with van der Waals surface area (Å²) in [5.41, 5.74) is -0.208. The summed E-state index contributed by atoms with van der Waals surface area (Å²) in [6.45, 7) is 1.89. The molecule has 0 amide bonds. The Balaban J connectivity index is 2.03. The van der Waals surface area contributed by atoms with Gasteiger partial charge in [0.05, 0.1) is 0 Å². The molecule has 3 rings (SSSR count). The Kier molecular flexibility index (Phi) is 3.18. The zero-order valence-corrected chi connectivity index (χ0v) is 11.3. The van der Waals surface area contributed by atoms with Crippen LogP contribution in [-0.2, 0) is 15.1 Å². The Bertz CT molecular complexity index is 594. The van der Waals surface area contributed by atoms with Gasteiger partial charge in [-0.1, -0.05) is 48.5 Å². The van der Waals surface area contributed by atoms with Crippen molar-refractivity contribution in [1.29, 1.82) is 0 Å². The van der Waals surface area contributed by atoms with Crippen molar-refractivity contribution in [3.8, 4) is 5.75 Å². The van der Waals surface area contributed by atoms with Crippen LogP contribution in [0.3, 0.4) is 0 Å². The predicted molar refractivity (Wildman–Crippen MR) is 75.4 cm³/mol. The molecule has 0 aromatic heterocycles. The maximum Gasteiger partial charge on any atom is 0.355 e. The van der Waals surface area contributed by atoms with E-state index in [0.717, 1.165) is 5.56 Å². The lowest BCUT2D eigenvalue weighted by Crippen LogP contribution is -2.38. The molecule has 20 heavy (non-hydrogen) atoms. The smallest absolute Gasteiger partial charge is 0.355 e. The Morgan fingerprint density at radius 1 is 1.05 bits per heavy atom. The second-order valence-electron chi connectivity index (χ2n) is 5.03. The first-order valence-electron chi connectivity index (χ1n) is 6.71. The second kappa shape index (κ2) is 5.00. The summed E-state index contributed by atoms with van der Waals surface area (Å²) < 4.78 is 11.4. The number of benzene rings is 2. The summed E-state index contributed by atoms with van der Waals surface area (Å²) in [5.74, 6) is 0.349. The number of cyclic esters (lactones) is 1. The number of hydrogen-bond acceptors (Lipinski definition) is 3. The Labute approximate surface area is 118 Å². The highest BCUT2D eigenvalue weighted by atomic mass is 16.6. The van der Waals surface area contributed by atoms with Gasteiger partial charge in [0.15, 0.2) is 0 Å². The van der Waals surface area contributed by atoms with Gasteiger partial charge >= 0.3 is 5.97 Å². The lowest BCUT2D eigenvalue weighted by Gasteiger charge is -2.26. The summed E-state index contributed by atoms with van der Waals surface area (Å²) in [4.78, 5) is 12.4. The fraction of sp³-hybridized carbons (Fsp3) is 0.235. The van der Waals surface area contributed by atoms with E-state index in [-0.39, 0.29) is 12.1 Å². The molecule has 0 N–H and O–H groups in total. The normalized spacial score (nSPS) is 25.2. The van der Waals surface area contributed by atoms with Crippen molar-refractivity contribution in [2.24, 2.45) is 0 Å². The minimum atomic E-state index is -1.04. The molecule has 1 aliphatic rings. The summed E-state index contributed by atoms with van der Waals surface area (Å²) in [7, 11) is 0. The summed E-state index contributed by atoms with van der Waals surface area (Å²) in [5, 5.41) is 0. The lowest BCUT2D eigenvalue weighted by atomic mass is 9.90. The predicted octanol–water partition coefficient (Wildman–Crippen LogP) is 3.30. The number of carbonyl (C=O) groups is 1. The third-order valence-corrected chi connectivity index (χ3v) is 3.49. The van der Waals surface area contributed by atoms with Crippen molar-refractivity contribution in [2.45, 2.75) is 25.0 Å². The number of esters is 1. The molecule has 1 heterocycles. The van der Waals surface area contributed by atoms with E-state index in [4.69, 9.17) is 9.47 Å². The van der Waals surface area contributed by atoms with Crippen LogP contribution in [0.1, 0.15) is 18.9 Å². The fourth-order valence-corrected chi connectivity index (χ4v) is 2.58. The number of ether oxygens (including phenoxy) is 2. The van der Waals surface area contributed by atoms with E-state index in [0.29, 0.717) is 12.2 Å². The topological polar surface area (TPSA) is 35.5 Å². The summed E-state index contributed by atoms with van der Waals surface area (Å²) in [6, 6.07) is 18.9. The van der Waals surface area contributed by atoms with E-state index in [1.54, 1.807) is 0 Å². The molecule has 0 spiro atoms. The van der Waals surface area contributed by atoms with Crippen LogP contribution in [-0.4, -0.2) is 12.1 Å². The van der Waals surface area contributed by atoms with Gasteiger partial charge in [-0.15, -0.1) is 0 Å². The average Bonchev–Trinajstić information content (AvgIpc) is 2.76. The fourth-order valence-electron chi connectivity index (χ4n) is 2.58. The molecule has 0 aliphatic carbocycles. The van der Waals surface area contributed by atoms with Crippen molar-refractivity contribution in [1.82, 2.24) is 0 Å². The third kappa shape index (κ3) is 2.16. The molecule has 2 atom stereocenters. The number of para-hydroxylation sites is 1. The van der Waals surface area contributed by atoms with E-state index in [1.165, 1.54) is 0 Å². The highest BCUT2D eigenvalue weighted by Crippen LogP contribution is 2.39. The maximum absolute atomic E-state index is 12.4. The van der Waals surface area contributed by atoms with E-state index in [2.05, 4.69) is 0 Å². The highest BCUT2D eigenvalue weighted by Gasteiger charge is 2.51. The molecular formula is C17H16O3. The van der Waals surface area contributed by atoms with Crippen molar-refractivity contribution in [3.05, 3.63) is 66.2 Å². The quantitative estimate of drug-likeness (QED) is 0.801. The molecule has 1 saturated heterocycles. The van der Waals surface area contributed by atoms with Crippen LogP contribution in [0, 0.1) is 0 Å². The zero-order chi connectivity index (χ0) is 14.0. The van der Waals surface area contributed by atoms with Crippen molar-refractivity contribution in [2.75, 3.05) is 0 Å². The standard InChI is InChI=1S/C17H16O3/c1-13-12-17(16(18)19-13,14-8-4-2-5-9-14)20-15-10-6-3-7-11-15/h2-11,13H,12H2,1H3. The lowest BCUT2D eigenvalue weighted by molar-refractivity contribution is -0.153. The average molecular weight is 268 g/mol. The van der Waals surface area contributed by atoms with E-state index in [9.17, 15) is 4.79 Å². The molecule has 0 radical (unpaired) electrons. The molecule has 3 heteroatoms. The van der Waals surface area contributed by atoms with Gasteiger partial charge in [0.2, 0.25) is 5.60 Å². The Morgan fingerprint density at radius 3 is 2.20 bits per heavy atom. The number of hydrogen-bond donors (Lipinski definition) is 0. The van der Waals surface area contributed by atoms with Crippen LogP contribution in [0.15, 0.2) is 60.7 Å². The van der Waals surface area contributed by atoms with Gasteiger partial charge < -0.3 is 9.47 Å². The van der Waals surface area contributed by atoms with Crippen molar-refractivity contribution in [3.63, 3.8) is 0 Å². The van der Waals surface area contributed by atoms with E-state index in [1.807, 2.05) is 67.6 Å². The van der Waals surface area contributed by atoms with Crippen LogP contribution in [0.5, 0.6) is 5.75 Å². The molecule has 1 aliphatic heterocycles. The van der Waals surface area contributed by atoms with Gasteiger partial charge in [-0.25, -0.2) is 4.79 Å². The van der Waals surface area contributed by atoms with E-state index >= 15 is 0 Å². The highest BCUT2D eigenvalue weighted by molar-refractivity contribution is 5.84. The van der Waals surface area contributed by atoms with Crippen molar-refractivity contribution >= 4 is 5.97 Å². The molecule has 1 fully saturated rings. The van der Waals surface area contributed by atoms with Gasteiger partial charge in [-0.05, 0) is 19.1 Å². The van der Waals surface area contributed by atoms with Gasteiger partial charge in [-0.3, -0.25) is 0 Å².